The van der Waals surface area contributed by atoms with Gasteiger partial charge in [0.15, 0.2) is 5.78 Å². The van der Waals surface area contributed by atoms with Crippen molar-refractivity contribution < 1.29 is 14.4 Å². The Balaban J connectivity index is 1.40. The van der Waals surface area contributed by atoms with Gasteiger partial charge in [-0.1, -0.05) is 50.3 Å². The quantitative estimate of drug-likeness (QED) is 0.243. The van der Waals surface area contributed by atoms with Crippen molar-refractivity contribution in [2.75, 3.05) is 19.6 Å². The zero-order valence-electron chi connectivity index (χ0n) is 23.8. The van der Waals surface area contributed by atoms with Gasteiger partial charge in [0.25, 0.3) is 0 Å². The van der Waals surface area contributed by atoms with Gasteiger partial charge >= 0.3 is 0 Å². The number of aromatic nitrogens is 1. The van der Waals surface area contributed by atoms with Crippen LogP contribution in [0.2, 0.25) is 5.02 Å². The lowest BCUT2D eigenvalue weighted by Crippen LogP contribution is -2.45. The maximum Gasteiger partial charge on any atom is 0.224 e. The number of amides is 1. The number of Topliss-reactive ketones (excluding diaryl/α,β-unsaturated/α-hetero) is 1. The molecule has 2 heterocycles. The summed E-state index contributed by atoms with van der Waals surface area (Å²) in [4.78, 5) is 46.0. The number of nitrogens with zero attached hydrogens (tertiary/aromatic N) is 2. The Kier molecular flexibility index (Phi) is 12.2. The molecule has 1 amide bonds. The number of carbonyl (C=O) groups excluding carboxylic acids is 3. The summed E-state index contributed by atoms with van der Waals surface area (Å²) in [6.45, 7) is 4.90. The fraction of sp³-hybridized carbons (Fsp3) is 0.625. The summed E-state index contributed by atoms with van der Waals surface area (Å²) in [7, 11) is 0. The summed E-state index contributed by atoms with van der Waals surface area (Å²) in [6.07, 6.45) is 15.3. The number of allylic oxidation sites excluding steroid dienone is 1. The van der Waals surface area contributed by atoms with E-state index in [9.17, 15) is 14.4 Å². The smallest absolute Gasteiger partial charge is 0.224 e. The lowest BCUT2D eigenvalue weighted by atomic mass is 9.81. The van der Waals surface area contributed by atoms with Crippen molar-refractivity contribution in [3.8, 4) is 0 Å². The number of fused-ring (bicyclic) bond motifs is 1. The standard InChI is InChI=1S/C32H44ClN3O3S/c1-2-26(37)20-24(21-31-34-29-15-13-25(33)22-30(29)40-31)32(39)35-28(23-10-5-3-6-11-23)16-14-27(38)12-9-19-36-17-7-4-8-18-36/h9,12-13,15,22-24,28H,2-8,10-11,14,16-21H2,1H3,(H,35,39)/b12-9+/t24-,28+/m0/s1. The van der Waals surface area contributed by atoms with Crippen LogP contribution in [-0.2, 0) is 20.8 Å². The molecule has 1 saturated heterocycles. The van der Waals surface area contributed by atoms with Gasteiger partial charge in [-0.05, 0) is 75.4 Å². The molecule has 1 aromatic carbocycles. The second-order valence-electron chi connectivity index (χ2n) is 11.5. The first-order valence-electron chi connectivity index (χ1n) is 15.2. The Labute approximate surface area is 247 Å². The molecular formula is C32H44ClN3O3S. The van der Waals surface area contributed by atoms with Gasteiger partial charge in [0.05, 0.1) is 21.1 Å². The summed E-state index contributed by atoms with van der Waals surface area (Å²) in [6, 6.07) is 5.54. The van der Waals surface area contributed by atoms with Gasteiger partial charge in [-0.25, -0.2) is 4.98 Å². The Hall–Kier alpha value is -2.09. The highest BCUT2D eigenvalue weighted by molar-refractivity contribution is 7.18. The lowest BCUT2D eigenvalue weighted by molar-refractivity contribution is -0.130. The molecule has 1 N–H and O–H groups in total. The third-order valence-corrected chi connectivity index (χ3v) is 9.69. The Morgan fingerprint density at radius 1 is 1.12 bits per heavy atom. The Bertz CT molecular complexity index is 1170. The average molecular weight is 586 g/mol. The van der Waals surface area contributed by atoms with Gasteiger partial charge in [0.1, 0.15) is 5.78 Å². The molecule has 2 fully saturated rings. The minimum Gasteiger partial charge on any atom is -0.353 e. The molecule has 1 aliphatic heterocycles. The molecule has 6 nitrogen and oxygen atoms in total. The number of piperidine rings is 1. The summed E-state index contributed by atoms with van der Waals surface area (Å²) in [5.74, 6) is -0.00197. The largest absolute Gasteiger partial charge is 0.353 e. The molecule has 4 rings (SSSR count). The Morgan fingerprint density at radius 3 is 2.62 bits per heavy atom. The van der Waals surface area contributed by atoms with Crippen LogP contribution in [0.3, 0.4) is 0 Å². The molecule has 2 aliphatic rings. The van der Waals surface area contributed by atoms with Crippen LogP contribution in [0, 0.1) is 11.8 Å². The number of ketones is 2. The number of benzene rings is 1. The summed E-state index contributed by atoms with van der Waals surface area (Å²) >= 11 is 7.69. The molecule has 40 heavy (non-hydrogen) atoms. The highest BCUT2D eigenvalue weighted by Gasteiger charge is 2.30. The molecule has 0 radical (unpaired) electrons. The molecule has 1 saturated carbocycles. The predicted octanol–water partition coefficient (Wildman–Crippen LogP) is 6.93. The molecule has 1 aliphatic carbocycles. The topological polar surface area (TPSA) is 79.4 Å². The van der Waals surface area contributed by atoms with Crippen LogP contribution in [0.15, 0.2) is 30.4 Å². The van der Waals surface area contributed by atoms with Gasteiger partial charge in [-0.15, -0.1) is 11.3 Å². The monoisotopic (exact) mass is 585 g/mol. The minimum absolute atomic E-state index is 0.0550. The van der Waals surface area contributed by atoms with E-state index in [4.69, 9.17) is 16.6 Å². The van der Waals surface area contributed by atoms with E-state index in [0.29, 0.717) is 36.6 Å². The van der Waals surface area contributed by atoms with E-state index >= 15 is 0 Å². The van der Waals surface area contributed by atoms with Gasteiger partial charge in [-0.2, -0.15) is 0 Å². The second-order valence-corrected chi connectivity index (χ2v) is 13.1. The van der Waals surface area contributed by atoms with Crippen LogP contribution in [0.4, 0.5) is 0 Å². The number of thiazole rings is 1. The molecule has 0 unspecified atom stereocenters. The van der Waals surface area contributed by atoms with Crippen molar-refractivity contribution in [3.05, 3.63) is 40.4 Å². The summed E-state index contributed by atoms with van der Waals surface area (Å²) in [5.41, 5.74) is 0.859. The third-order valence-electron chi connectivity index (χ3n) is 8.42. The van der Waals surface area contributed by atoms with E-state index in [1.165, 1.54) is 37.0 Å². The van der Waals surface area contributed by atoms with Crippen molar-refractivity contribution in [1.82, 2.24) is 15.2 Å². The lowest BCUT2D eigenvalue weighted by Gasteiger charge is -2.32. The summed E-state index contributed by atoms with van der Waals surface area (Å²) < 4.78 is 0.982. The number of carbonyl (C=O) groups is 3. The van der Waals surface area contributed by atoms with Crippen molar-refractivity contribution in [2.24, 2.45) is 11.8 Å². The van der Waals surface area contributed by atoms with Gasteiger partial charge < -0.3 is 5.32 Å². The minimum atomic E-state index is -0.477. The fourth-order valence-corrected chi connectivity index (χ4v) is 7.36. The first kappa shape index (κ1) is 30.9. The van der Waals surface area contributed by atoms with Crippen LogP contribution >= 0.6 is 22.9 Å². The first-order chi connectivity index (χ1) is 19.4. The average Bonchev–Trinajstić information content (AvgIpc) is 3.37. The van der Waals surface area contributed by atoms with Gasteiger partial charge in [0, 0.05) is 43.3 Å². The molecule has 2 atom stereocenters. The highest BCUT2D eigenvalue weighted by atomic mass is 35.5. The van der Waals surface area contributed by atoms with E-state index in [1.54, 1.807) is 6.08 Å². The number of hydrogen-bond donors (Lipinski definition) is 1. The van der Waals surface area contributed by atoms with Crippen molar-refractivity contribution in [3.63, 3.8) is 0 Å². The van der Waals surface area contributed by atoms with Gasteiger partial charge in [0.2, 0.25) is 5.91 Å². The van der Waals surface area contributed by atoms with Crippen LogP contribution in [-0.4, -0.2) is 53.0 Å². The number of hydrogen-bond acceptors (Lipinski definition) is 6. The maximum absolute atomic E-state index is 13.7. The molecule has 218 valence electrons. The fourth-order valence-electron chi connectivity index (χ4n) is 6.04. The van der Waals surface area contributed by atoms with Crippen LogP contribution in [0.5, 0.6) is 0 Å². The molecule has 0 spiro atoms. The molecular weight excluding hydrogens is 542 g/mol. The number of likely N-dealkylation sites (tertiary alicyclic amines) is 1. The van der Waals surface area contributed by atoms with Gasteiger partial charge in [-0.3, -0.25) is 19.3 Å². The Morgan fingerprint density at radius 2 is 1.88 bits per heavy atom. The molecule has 0 bridgehead atoms. The summed E-state index contributed by atoms with van der Waals surface area (Å²) in [5, 5.41) is 4.82. The van der Waals surface area contributed by atoms with Crippen molar-refractivity contribution in [2.45, 2.75) is 96.4 Å². The van der Waals surface area contributed by atoms with Crippen LogP contribution in [0.25, 0.3) is 10.2 Å². The van der Waals surface area contributed by atoms with Crippen molar-refractivity contribution in [1.29, 1.82) is 0 Å². The highest BCUT2D eigenvalue weighted by Crippen LogP contribution is 2.30. The molecule has 2 aromatic rings. The normalized spacial score (nSPS) is 18.6. The predicted molar refractivity (Wildman–Crippen MR) is 164 cm³/mol. The molecule has 1 aromatic heterocycles. The third kappa shape index (κ3) is 9.49. The van der Waals surface area contributed by atoms with E-state index in [0.717, 1.165) is 60.5 Å². The zero-order chi connectivity index (χ0) is 28.3. The molecule has 8 heteroatoms. The number of nitrogens with one attached hydrogen (secondary N) is 1. The van der Waals surface area contributed by atoms with E-state index in [1.807, 2.05) is 31.2 Å². The SMILES string of the molecule is CCC(=O)C[C@@H](Cc1nc2ccc(Cl)cc2s1)C(=O)N[C@H](CCC(=O)/C=C/CN1CCCCC1)C1CCCCC1. The maximum atomic E-state index is 13.7. The van der Waals surface area contributed by atoms with E-state index in [-0.39, 0.29) is 29.9 Å². The number of halogens is 1. The van der Waals surface area contributed by atoms with E-state index < -0.39 is 5.92 Å². The van der Waals surface area contributed by atoms with Crippen molar-refractivity contribution >= 4 is 50.6 Å². The van der Waals surface area contributed by atoms with E-state index in [2.05, 4.69) is 10.2 Å². The van der Waals surface area contributed by atoms with Crippen LogP contribution in [0.1, 0.15) is 89.0 Å². The second kappa shape index (κ2) is 15.8. The van der Waals surface area contributed by atoms with Crippen LogP contribution < -0.4 is 5.32 Å². The first-order valence-corrected chi connectivity index (χ1v) is 16.4. The number of rotatable bonds is 14. The zero-order valence-corrected chi connectivity index (χ0v) is 25.4.